The molecular weight excluding hydrogens is 238 g/mol. The molecule has 4 heteroatoms. The number of rotatable bonds is 3. The molecule has 4 nitrogen and oxygen atoms in total. The van der Waals surface area contributed by atoms with Crippen molar-refractivity contribution in [3.8, 4) is 0 Å². The first-order valence-electron chi connectivity index (χ1n) is 7.82. The standard InChI is InChI=1S/C15H29N3O/c1-12(2)13-3-9-18(10-4-13)15(19)11-17-7-5-14(16)6-8-17/h12-14H,3-11,16H2,1-2H3. The first kappa shape index (κ1) is 14.8. The summed E-state index contributed by atoms with van der Waals surface area (Å²) >= 11 is 0. The topological polar surface area (TPSA) is 49.6 Å². The molecule has 0 unspecified atom stereocenters. The van der Waals surface area contributed by atoms with E-state index in [1.807, 2.05) is 0 Å². The van der Waals surface area contributed by atoms with Crippen molar-refractivity contribution in [1.82, 2.24) is 9.80 Å². The molecule has 2 heterocycles. The summed E-state index contributed by atoms with van der Waals surface area (Å²) in [6, 6.07) is 0.341. The van der Waals surface area contributed by atoms with Gasteiger partial charge in [0.2, 0.25) is 5.91 Å². The van der Waals surface area contributed by atoms with Crippen molar-refractivity contribution in [2.24, 2.45) is 17.6 Å². The Morgan fingerprint density at radius 2 is 1.68 bits per heavy atom. The number of nitrogens with two attached hydrogens (primary N) is 1. The Bertz CT molecular complexity index is 290. The fourth-order valence-electron chi connectivity index (χ4n) is 3.22. The van der Waals surface area contributed by atoms with E-state index in [4.69, 9.17) is 5.73 Å². The Hall–Kier alpha value is -0.610. The summed E-state index contributed by atoms with van der Waals surface area (Å²) in [5.41, 5.74) is 5.89. The molecule has 0 aromatic heterocycles. The molecule has 0 radical (unpaired) electrons. The normalized spacial score (nSPS) is 24.1. The Morgan fingerprint density at radius 1 is 1.11 bits per heavy atom. The van der Waals surface area contributed by atoms with Gasteiger partial charge in [0, 0.05) is 32.2 Å². The molecule has 0 bridgehead atoms. The molecule has 19 heavy (non-hydrogen) atoms. The molecule has 2 aliphatic heterocycles. The van der Waals surface area contributed by atoms with Gasteiger partial charge in [-0.3, -0.25) is 9.69 Å². The van der Waals surface area contributed by atoms with Crippen molar-refractivity contribution in [2.75, 3.05) is 32.7 Å². The number of likely N-dealkylation sites (tertiary alicyclic amines) is 2. The average Bonchev–Trinajstić information content (AvgIpc) is 2.41. The van der Waals surface area contributed by atoms with Crippen molar-refractivity contribution in [2.45, 2.75) is 45.6 Å². The van der Waals surface area contributed by atoms with Gasteiger partial charge in [-0.15, -0.1) is 0 Å². The van der Waals surface area contributed by atoms with Gasteiger partial charge in [0.25, 0.3) is 0 Å². The fourth-order valence-corrected chi connectivity index (χ4v) is 3.22. The molecule has 110 valence electrons. The van der Waals surface area contributed by atoms with Crippen LogP contribution in [0.3, 0.4) is 0 Å². The number of amides is 1. The van der Waals surface area contributed by atoms with Crippen molar-refractivity contribution in [3.63, 3.8) is 0 Å². The van der Waals surface area contributed by atoms with Crippen LogP contribution in [0.1, 0.15) is 39.5 Å². The first-order chi connectivity index (χ1) is 9.06. The minimum absolute atomic E-state index is 0.317. The van der Waals surface area contributed by atoms with E-state index >= 15 is 0 Å². The van der Waals surface area contributed by atoms with Crippen LogP contribution in [-0.4, -0.2) is 54.5 Å². The molecule has 1 amide bonds. The van der Waals surface area contributed by atoms with E-state index in [0.717, 1.165) is 50.9 Å². The van der Waals surface area contributed by atoms with E-state index in [1.165, 1.54) is 12.8 Å². The Labute approximate surface area is 117 Å². The molecule has 0 aliphatic carbocycles. The summed E-state index contributed by atoms with van der Waals surface area (Å²) in [5.74, 6) is 1.87. The number of carbonyl (C=O) groups excluding carboxylic acids is 1. The zero-order valence-corrected chi connectivity index (χ0v) is 12.5. The number of carbonyl (C=O) groups is 1. The van der Waals surface area contributed by atoms with Crippen LogP contribution in [0.15, 0.2) is 0 Å². The average molecular weight is 267 g/mol. The lowest BCUT2D eigenvalue weighted by atomic mass is 9.87. The molecule has 2 rings (SSSR count). The maximum atomic E-state index is 12.3. The van der Waals surface area contributed by atoms with Gasteiger partial charge in [-0.1, -0.05) is 13.8 Å². The van der Waals surface area contributed by atoms with Gasteiger partial charge in [-0.05, 0) is 37.5 Å². The van der Waals surface area contributed by atoms with E-state index in [-0.39, 0.29) is 0 Å². The largest absolute Gasteiger partial charge is 0.342 e. The molecule has 2 N–H and O–H groups in total. The number of hydrogen-bond acceptors (Lipinski definition) is 3. The minimum atomic E-state index is 0.317. The van der Waals surface area contributed by atoms with Crippen LogP contribution in [0.4, 0.5) is 0 Å². The van der Waals surface area contributed by atoms with Crippen molar-refractivity contribution in [3.05, 3.63) is 0 Å². The summed E-state index contributed by atoms with van der Waals surface area (Å²) in [5, 5.41) is 0. The third kappa shape index (κ3) is 4.18. The summed E-state index contributed by atoms with van der Waals surface area (Å²) in [4.78, 5) is 16.6. The highest BCUT2D eigenvalue weighted by atomic mass is 16.2. The lowest BCUT2D eigenvalue weighted by molar-refractivity contribution is -0.134. The second kappa shape index (κ2) is 6.71. The van der Waals surface area contributed by atoms with Crippen LogP contribution in [0.2, 0.25) is 0 Å². The molecular formula is C15H29N3O. The molecule has 0 aromatic rings. The van der Waals surface area contributed by atoms with E-state index in [1.54, 1.807) is 0 Å². The van der Waals surface area contributed by atoms with E-state index in [2.05, 4.69) is 23.6 Å². The highest BCUT2D eigenvalue weighted by Gasteiger charge is 2.26. The van der Waals surface area contributed by atoms with Gasteiger partial charge in [0.05, 0.1) is 6.54 Å². The maximum Gasteiger partial charge on any atom is 0.236 e. The molecule has 2 saturated heterocycles. The van der Waals surface area contributed by atoms with Crippen molar-refractivity contribution < 1.29 is 4.79 Å². The van der Waals surface area contributed by atoms with E-state index < -0.39 is 0 Å². The lowest BCUT2D eigenvalue weighted by Crippen LogP contribution is -2.47. The Morgan fingerprint density at radius 3 is 2.21 bits per heavy atom. The monoisotopic (exact) mass is 267 g/mol. The smallest absolute Gasteiger partial charge is 0.236 e. The van der Waals surface area contributed by atoms with Crippen molar-refractivity contribution >= 4 is 5.91 Å². The molecule has 2 fully saturated rings. The zero-order chi connectivity index (χ0) is 13.8. The van der Waals surface area contributed by atoms with Crippen LogP contribution in [0.5, 0.6) is 0 Å². The Balaban J connectivity index is 1.72. The maximum absolute atomic E-state index is 12.3. The van der Waals surface area contributed by atoms with Gasteiger partial charge >= 0.3 is 0 Å². The summed E-state index contributed by atoms with van der Waals surface area (Å²) < 4.78 is 0. The van der Waals surface area contributed by atoms with Gasteiger partial charge in [-0.25, -0.2) is 0 Å². The van der Waals surface area contributed by atoms with Gasteiger partial charge < -0.3 is 10.6 Å². The second-order valence-electron chi connectivity index (χ2n) is 6.58. The number of piperidine rings is 2. The third-order valence-electron chi connectivity index (χ3n) is 4.83. The predicted molar refractivity (Wildman–Crippen MR) is 77.8 cm³/mol. The second-order valence-corrected chi connectivity index (χ2v) is 6.58. The number of nitrogens with zero attached hydrogens (tertiary/aromatic N) is 2. The highest BCUT2D eigenvalue weighted by molar-refractivity contribution is 5.78. The quantitative estimate of drug-likeness (QED) is 0.838. The summed E-state index contributed by atoms with van der Waals surface area (Å²) in [6.45, 7) is 9.05. The Kier molecular flexibility index (Phi) is 5.22. The van der Waals surface area contributed by atoms with Crippen LogP contribution in [0.25, 0.3) is 0 Å². The van der Waals surface area contributed by atoms with E-state index in [0.29, 0.717) is 18.5 Å². The summed E-state index contributed by atoms with van der Waals surface area (Å²) in [6.07, 6.45) is 4.41. The molecule has 0 atom stereocenters. The van der Waals surface area contributed by atoms with Gasteiger partial charge in [-0.2, -0.15) is 0 Å². The zero-order valence-electron chi connectivity index (χ0n) is 12.5. The molecule has 2 aliphatic rings. The van der Waals surface area contributed by atoms with Crippen LogP contribution >= 0.6 is 0 Å². The first-order valence-corrected chi connectivity index (χ1v) is 7.82. The fraction of sp³-hybridized carbons (Fsp3) is 0.933. The third-order valence-corrected chi connectivity index (χ3v) is 4.83. The molecule has 0 spiro atoms. The molecule has 0 aromatic carbocycles. The van der Waals surface area contributed by atoms with Gasteiger partial charge in [0.15, 0.2) is 0 Å². The SMILES string of the molecule is CC(C)C1CCN(C(=O)CN2CCC(N)CC2)CC1. The predicted octanol–water partition coefficient (Wildman–Crippen LogP) is 1.30. The van der Waals surface area contributed by atoms with E-state index in [9.17, 15) is 4.79 Å². The lowest BCUT2D eigenvalue weighted by Gasteiger charge is -2.36. The highest BCUT2D eigenvalue weighted by Crippen LogP contribution is 2.24. The van der Waals surface area contributed by atoms with Crippen LogP contribution in [0, 0.1) is 11.8 Å². The van der Waals surface area contributed by atoms with Crippen LogP contribution < -0.4 is 5.73 Å². The molecule has 0 saturated carbocycles. The summed E-state index contributed by atoms with van der Waals surface area (Å²) in [7, 11) is 0. The van der Waals surface area contributed by atoms with Crippen molar-refractivity contribution in [1.29, 1.82) is 0 Å². The van der Waals surface area contributed by atoms with Crippen LogP contribution in [-0.2, 0) is 4.79 Å². The van der Waals surface area contributed by atoms with Gasteiger partial charge in [0.1, 0.15) is 0 Å². The number of hydrogen-bond donors (Lipinski definition) is 1. The minimum Gasteiger partial charge on any atom is -0.342 e.